The number of aliphatic hydroxyl groups is 1. The molecule has 2 aromatic carbocycles. The van der Waals surface area contributed by atoms with Crippen LogP contribution in [0, 0.1) is 0 Å². The zero-order valence-corrected chi connectivity index (χ0v) is 11.5. The first-order chi connectivity index (χ1) is 8.63. The van der Waals surface area contributed by atoms with Crippen LogP contribution in [0.15, 0.2) is 42.5 Å². The van der Waals surface area contributed by atoms with Gasteiger partial charge in [0.05, 0.1) is 0 Å². The van der Waals surface area contributed by atoms with Crippen molar-refractivity contribution in [1.29, 1.82) is 0 Å². The lowest BCUT2D eigenvalue weighted by Gasteiger charge is -2.15. The van der Waals surface area contributed by atoms with Crippen molar-refractivity contribution in [1.82, 2.24) is 0 Å². The molecule has 0 radical (unpaired) electrons. The van der Waals surface area contributed by atoms with Crippen LogP contribution in [0.4, 0.5) is 0 Å². The summed E-state index contributed by atoms with van der Waals surface area (Å²) in [5.74, 6) is 0. The highest BCUT2D eigenvalue weighted by molar-refractivity contribution is 6.36. The second kappa shape index (κ2) is 5.75. The van der Waals surface area contributed by atoms with E-state index >= 15 is 0 Å². The predicted octanol–water partition coefficient (Wildman–Crippen LogP) is 4.64. The molecule has 0 aliphatic heterocycles. The molecule has 1 unspecified atom stereocenters. The smallest absolute Gasteiger partial charge is 0.107 e. The van der Waals surface area contributed by atoms with Crippen LogP contribution >= 0.6 is 23.2 Å². The van der Waals surface area contributed by atoms with Gasteiger partial charge < -0.3 is 5.11 Å². The standard InChI is InChI=1S/C15H14Cl2O/c1-2-10-6-8-11(9-7-10)15(18)14-12(16)4-3-5-13(14)17/h3-9,15,18H,2H2,1H3. The molecule has 0 spiro atoms. The lowest BCUT2D eigenvalue weighted by atomic mass is 10.00. The van der Waals surface area contributed by atoms with Crippen LogP contribution < -0.4 is 0 Å². The summed E-state index contributed by atoms with van der Waals surface area (Å²) in [7, 11) is 0. The summed E-state index contributed by atoms with van der Waals surface area (Å²) in [4.78, 5) is 0. The van der Waals surface area contributed by atoms with E-state index in [1.54, 1.807) is 18.2 Å². The maximum Gasteiger partial charge on any atom is 0.107 e. The SMILES string of the molecule is CCc1ccc(C(O)c2c(Cl)cccc2Cl)cc1. The van der Waals surface area contributed by atoms with Gasteiger partial charge in [0.2, 0.25) is 0 Å². The Morgan fingerprint density at radius 1 is 1.00 bits per heavy atom. The maximum absolute atomic E-state index is 10.3. The van der Waals surface area contributed by atoms with E-state index in [-0.39, 0.29) is 0 Å². The van der Waals surface area contributed by atoms with E-state index in [4.69, 9.17) is 23.2 Å². The molecular weight excluding hydrogens is 267 g/mol. The highest BCUT2D eigenvalue weighted by atomic mass is 35.5. The molecule has 1 nitrogen and oxygen atoms in total. The summed E-state index contributed by atoms with van der Waals surface area (Å²) in [6.45, 7) is 2.09. The molecule has 0 saturated heterocycles. The minimum absolute atomic E-state index is 0.481. The van der Waals surface area contributed by atoms with Crippen molar-refractivity contribution in [3.63, 3.8) is 0 Å². The first-order valence-electron chi connectivity index (χ1n) is 5.84. The van der Waals surface area contributed by atoms with Crippen LogP contribution in [-0.2, 0) is 6.42 Å². The number of aliphatic hydroxyl groups excluding tert-OH is 1. The fourth-order valence-electron chi connectivity index (χ4n) is 1.87. The van der Waals surface area contributed by atoms with Gasteiger partial charge in [0.15, 0.2) is 0 Å². The Labute approximate surface area is 117 Å². The molecular formula is C15H14Cl2O. The van der Waals surface area contributed by atoms with Gasteiger partial charge in [0.1, 0.15) is 6.10 Å². The van der Waals surface area contributed by atoms with Gasteiger partial charge in [-0.3, -0.25) is 0 Å². The summed E-state index contributed by atoms with van der Waals surface area (Å²) < 4.78 is 0. The van der Waals surface area contributed by atoms with E-state index < -0.39 is 6.10 Å². The van der Waals surface area contributed by atoms with Crippen LogP contribution in [0.25, 0.3) is 0 Å². The molecule has 0 saturated carbocycles. The number of rotatable bonds is 3. The molecule has 0 amide bonds. The Morgan fingerprint density at radius 3 is 2.06 bits per heavy atom. The summed E-state index contributed by atoms with van der Waals surface area (Å²) in [6.07, 6.45) is 0.181. The normalized spacial score (nSPS) is 12.4. The van der Waals surface area contributed by atoms with Crippen molar-refractivity contribution in [2.75, 3.05) is 0 Å². The van der Waals surface area contributed by atoms with E-state index in [9.17, 15) is 5.11 Å². The van der Waals surface area contributed by atoms with Crippen molar-refractivity contribution in [2.45, 2.75) is 19.4 Å². The van der Waals surface area contributed by atoms with Gasteiger partial charge in [-0.1, -0.05) is 60.5 Å². The van der Waals surface area contributed by atoms with Crippen LogP contribution in [-0.4, -0.2) is 5.11 Å². The Balaban J connectivity index is 2.38. The van der Waals surface area contributed by atoms with E-state index in [1.807, 2.05) is 24.3 Å². The Kier molecular flexibility index (Phi) is 4.28. The first kappa shape index (κ1) is 13.4. The van der Waals surface area contributed by atoms with Gasteiger partial charge in [-0.15, -0.1) is 0 Å². The molecule has 1 atom stereocenters. The molecule has 0 aromatic heterocycles. The predicted molar refractivity (Wildman–Crippen MR) is 76.3 cm³/mol. The molecule has 2 aromatic rings. The van der Waals surface area contributed by atoms with Crippen LogP contribution in [0.1, 0.15) is 29.7 Å². The molecule has 3 heteroatoms. The van der Waals surface area contributed by atoms with Crippen molar-refractivity contribution in [3.05, 3.63) is 69.2 Å². The molecule has 0 aliphatic carbocycles. The largest absolute Gasteiger partial charge is 0.384 e. The number of halogens is 2. The van der Waals surface area contributed by atoms with E-state index in [2.05, 4.69) is 6.92 Å². The fraction of sp³-hybridized carbons (Fsp3) is 0.200. The van der Waals surface area contributed by atoms with Gasteiger partial charge in [0, 0.05) is 15.6 Å². The Morgan fingerprint density at radius 2 is 1.56 bits per heavy atom. The van der Waals surface area contributed by atoms with Crippen LogP contribution in [0.2, 0.25) is 10.0 Å². The van der Waals surface area contributed by atoms with Crippen molar-refractivity contribution in [2.24, 2.45) is 0 Å². The third-order valence-corrected chi connectivity index (χ3v) is 3.64. The third kappa shape index (κ3) is 2.69. The van der Waals surface area contributed by atoms with E-state index in [1.165, 1.54) is 5.56 Å². The number of benzene rings is 2. The van der Waals surface area contributed by atoms with Crippen LogP contribution in [0.3, 0.4) is 0 Å². The summed E-state index contributed by atoms with van der Waals surface area (Å²) in [5.41, 5.74) is 2.59. The molecule has 0 aliphatic rings. The third-order valence-electron chi connectivity index (χ3n) is 2.98. The van der Waals surface area contributed by atoms with Crippen molar-refractivity contribution >= 4 is 23.2 Å². The quantitative estimate of drug-likeness (QED) is 0.869. The second-order valence-electron chi connectivity index (χ2n) is 4.13. The molecule has 0 heterocycles. The lowest BCUT2D eigenvalue weighted by molar-refractivity contribution is 0.220. The molecule has 0 fully saturated rings. The Bertz CT molecular complexity index is 514. The molecule has 18 heavy (non-hydrogen) atoms. The van der Waals surface area contributed by atoms with E-state index in [0.717, 1.165) is 12.0 Å². The van der Waals surface area contributed by atoms with Gasteiger partial charge in [0.25, 0.3) is 0 Å². The average Bonchev–Trinajstić information content (AvgIpc) is 2.38. The minimum Gasteiger partial charge on any atom is -0.384 e. The molecule has 94 valence electrons. The van der Waals surface area contributed by atoms with Gasteiger partial charge >= 0.3 is 0 Å². The van der Waals surface area contributed by atoms with Crippen LogP contribution in [0.5, 0.6) is 0 Å². The zero-order chi connectivity index (χ0) is 13.1. The second-order valence-corrected chi connectivity index (χ2v) is 4.95. The number of hydrogen-bond acceptors (Lipinski definition) is 1. The number of aryl methyl sites for hydroxylation is 1. The summed E-state index contributed by atoms with van der Waals surface area (Å²) in [5, 5.41) is 11.3. The minimum atomic E-state index is -0.794. The summed E-state index contributed by atoms with van der Waals surface area (Å²) in [6, 6.07) is 13.0. The van der Waals surface area contributed by atoms with E-state index in [0.29, 0.717) is 15.6 Å². The highest BCUT2D eigenvalue weighted by Crippen LogP contribution is 2.33. The van der Waals surface area contributed by atoms with Gasteiger partial charge in [-0.2, -0.15) is 0 Å². The molecule has 1 N–H and O–H groups in total. The lowest BCUT2D eigenvalue weighted by Crippen LogP contribution is -2.01. The number of hydrogen-bond donors (Lipinski definition) is 1. The monoisotopic (exact) mass is 280 g/mol. The van der Waals surface area contributed by atoms with Crippen molar-refractivity contribution in [3.8, 4) is 0 Å². The maximum atomic E-state index is 10.3. The Hall–Kier alpha value is -1.02. The van der Waals surface area contributed by atoms with Gasteiger partial charge in [-0.05, 0) is 29.7 Å². The first-order valence-corrected chi connectivity index (χ1v) is 6.60. The fourth-order valence-corrected chi connectivity index (χ4v) is 2.48. The topological polar surface area (TPSA) is 20.2 Å². The van der Waals surface area contributed by atoms with Crippen molar-refractivity contribution < 1.29 is 5.11 Å². The zero-order valence-electron chi connectivity index (χ0n) is 10.0. The average molecular weight is 281 g/mol. The molecule has 2 rings (SSSR count). The summed E-state index contributed by atoms with van der Waals surface area (Å²) >= 11 is 12.2. The van der Waals surface area contributed by atoms with Gasteiger partial charge in [-0.25, -0.2) is 0 Å². The molecule has 0 bridgehead atoms. The highest BCUT2D eigenvalue weighted by Gasteiger charge is 2.17.